The molecular weight excluding hydrogens is 216 g/mol. The van der Waals surface area contributed by atoms with E-state index >= 15 is 0 Å². The Balaban J connectivity index is -0.0000000450. The fourth-order valence-electron chi connectivity index (χ4n) is 0. The summed E-state index contributed by atoms with van der Waals surface area (Å²) >= 11 is 0. The van der Waals surface area contributed by atoms with E-state index in [1.165, 1.54) is 0 Å². The third-order valence-electron chi connectivity index (χ3n) is 0. The van der Waals surface area contributed by atoms with Gasteiger partial charge in [0.25, 0.3) is 5.09 Å². The van der Waals surface area contributed by atoms with Gasteiger partial charge in [0.05, 0.1) is 0 Å². The summed E-state index contributed by atoms with van der Waals surface area (Å²) in [5.74, 6) is 0. The van der Waals surface area contributed by atoms with E-state index in [1.807, 2.05) is 0 Å². The fourth-order valence-corrected chi connectivity index (χ4v) is 0. The minimum Gasteiger partial charge on any atom is -0.369 e. The molecule has 5 nitrogen and oxygen atoms in total. The Labute approximate surface area is 67.8 Å². The van der Waals surface area contributed by atoms with E-state index < -0.39 is 5.09 Å². The topological polar surface area (TPSA) is 99.9 Å². The van der Waals surface area contributed by atoms with Crippen LogP contribution in [0.5, 0.6) is 0 Å². The van der Waals surface area contributed by atoms with Crippen LogP contribution in [0.1, 0.15) is 0 Å². The van der Waals surface area contributed by atoms with Crippen molar-refractivity contribution < 1.29 is 52.0 Å². The van der Waals surface area contributed by atoms with Crippen LogP contribution in [0.2, 0.25) is 0 Å². The Kier molecular flexibility index (Phi) is 24.3. The third kappa shape index (κ3) is 197. The molecule has 0 saturated heterocycles. The van der Waals surface area contributed by atoms with Crippen molar-refractivity contribution in [1.82, 2.24) is 6.15 Å². The number of hydrogen-bond acceptors (Lipinski definition) is 2. The SMILES string of the molecule is O=[N+]([O-])O.[Ce+3].[NH4+]. The molecule has 0 unspecified atom stereocenters. The van der Waals surface area contributed by atoms with Crippen molar-refractivity contribution in [3.63, 3.8) is 0 Å². The van der Waals surface area contributed by atoms with Crippen LogP contribution >= 0.6 is 0 Å². The Morgan fingerprint density at radius 1 is 1.67 bits per heavy atom. The molecule has 6 heavy (non-hydrogen) atoms. The first-order valence-corrected chi connectivity index (χ1v) is 0.565. The van der Waals surface area contributed by atoms with Crippen molar-refractivity contribution in [1.29, 1.82) is 0 Å². The van der Waals surface area contributed by atoms with E-state index in [0.29, 0.717) is 0 Å². The zero-order chi connectivity index (χ0) is 3.58. The molecule has 0 fully saturated rings. The standard InChI is InChI=1S/Ce.HNO3.H3N/c;2-1(3)4;/h;(H,2,3,4);1H3/q+3;;/p+1. The molecule has 0 aliphatic rings. The second-order valence-corrected chi connectivity index (χ2v) is 0.238. The monoisotopic (exact) mass is 221 g/mol. The van der Waals surface area contributed by atoms with Gasteiger partial charge in [-0.25, -0.2) is 0 Å². The van der Waals surface area contributed by atoms with Crippen molar-refractivity contribution in [2.75, 3.05) is 0 Å². The van der Waals surface area contributed by atoms with E-state index in [1.54, 1.807) is 0 Å². The van der Waals surface area contributed by atoms with E-state index in [4.69, 9.17) is 15.3 Å². The minimum atomic E-state index is -1.50. The maximum atomic E-state index is 8.36. The fraction of sp³-hybridized carbons (Fsp3) is 0. The van der Waals surface area contributed by atoms with Crippen LogP contribution in [0.15, 0.2) is 0 Å². The normalized spacial score (nSPS) is 4.00. The molecule has 0 aliphatic heterocycles. The molecule has 0 aromatic heterocycles. The first-order valence-electron chi connectivity index (χ1n) is 0.565. The van der Waals surface area contributed by atoms with E-state index in [0.717, 1.165) is 0 Å². The molecule has 0 heterocycles. The summed E-state index contributed by atoms with van der Waals surface area (Å²) in [7, 11) is 0. The average Bonchev–Trinajstić information content (AvgIpc) is 0.811. The Morgan fingerprint density at radius 2 is 1.67 bits per heavy atom. The first-order chi connectivity index (χ1) is 1.73. The summed E-state index contributed by atoms with van der Waals surface area (Å²) < 4.78 is 0. The van der Waals surface area contributed by atoms with Crippen LogP contribution in [0.25, 0.3) is 0 Å². The van der Waals surface area contributed by atoms with E-state index in [9.17, 15) is 0 Å². The van der Waals surface area contributed by atoms with Crippen LogP contribution in [-0.4, -0.2) is 10.3 Å². The molecule has 6 heteroatoms. The number of hydrogen-bond donors (Lipinski definition) is 2. The van der Waals surface area contributed by atoms with Gasteiger partial charge >= 0.3 is 41.7 Å². The van der Waals surface area contributed by atoms with Gasteiger partial charge in [-0.1, -0.05) is 0 Å². The van der Waals surface area contributed by atoms with Crippen LogP contribution < -0.4 is 6.15 Å². The largest absolute Gasteiger partial charge is 3.00 e. The van der Waals surface area contributed by atoms with Gasteiger partial charge in [0, 0.05) is 0 Å². The molecule has 0 aromatic carbocycles. The van der Waals surface area contributed by atoms with Gasteiger partial charge in [0.1, 0.15) is 0 Å². The molecule has 0 spiro atoms. The summed E-state index contributed by atoms with van der Waals surface area (Å²) in [6.45, 7) is 0. The van der Waals surface area contributed by atoms with Gasteiger partial charge in [-0.05, 0) is 0 Å². The Hall–Kier alpha value is 0.537. The molecular formula is H5CeN2O3+4. The van der Waals surface area contributed by atoms with E-state index in [2.05, 4.69) is 0 Å². The first kappa shape index (κ1) is 16.0. The molecule has 0 rings (SSSR count). The molecule has 0 aromatic rings. The molecule has 5 N–H and O–H groups in total. The van der Waals surface area contributed by atoms with Gasteiger partial charge in [0.2, 0.25) is 0 Å². The molecule has 33 valence electrons. The van der Waals surface area contributed by atoms with Crippen LogP contribution in [0, 0.1) is 51.9 Å². The quantitative estimate of drug-likeness (QED) is 0.445. The summed E-state index contributed by atoms with van der Waals surface area (Å²) in [5, 5.41) is 13.6. The predicted molar refractivity (Wildman–Crippen MR) is 14.8 cm³/mol. The molecule has 1 radical (unpaired) electrons. The minimum absolute atomic E-state index is 0. The second kappa shape index (κ2) is 9.11. The summed E-state index contributed by atoms with van der Waals surface area (Å²) in [5.41, 5.74) is 0. The summed E-state index contributed by atoms with van der Waals surface area (Å²) in [4.78, 5) is 8.36. The summed E-state index contributed by atoms with van der Waals surface area (Å²) in [6, 6.07) is 0. The van der Waals surface area contributed by atoms with Gasteiger partial charge in [-0.3, -0.25) is 0 Å². The van der Waals surface area contributed by atoms with Gasteiger partial charge in [-0.2, -0.15) is 0 Å². The second-order valence-electron chi connectivity index (χ2n) is 0.238. The van der Waals surface area contributed by atoms with Crippen LogP contribution in [-0.2, 0) is 0 Å². The van der Waals surface area contributed by atoms with Crippen molar-refractivity contribution in [3.8, 4) is 0 Å². The van der Waals surface area contributed by atoms with Crippen molar-refractivity contribution >= 4 is 0 Å². The Morgan fingerprint density at radius 3 is 1.67 bits per heavy atom. The Bertz CT molecular complexity index is 31.8. The zero-order valence-electron chi connectivity index (χ0n) is 3.21. The van der Waals surface area contributed by atoms with Crippen LogP contribution in [0.4, 0.5) is 0 Å². The number of nitrogens with zero attached hydrogens (tertiary/aromatic N) is 1. The zero-order valence-corrected chi connectivity index (χ0v) is 6.35. The molecule has 0 saturated carbocycles. The van der Waals surface area contributed by atoms with Crippen molar-refractivity contribution in [2.45, 2.75) is 0 Å². The molecule has 0 amide bonds. The number of quaternary nitrogens is 1. The molecule has 0 aliphatic carbocycles. The maximum Gasteiger partial charge on any atom is 3.00 e. The van der Waals surface area contributed by atoms with Gasteiger partial charge < -0.3 is 11.4 Å². The van der Waals surface area contributed by atoms with Gasteiger partial charge in [0.15, 0.2) is 0 Å². The average molecular weight is 221 g/mol. The third-order valence-corrected chi connectivity index (χ3v) is 0. The number of rotatable bonds is 0. The van der Waals surface area contributed by atoms with Crippen molar-refractivity contribution in [3.05, 3.63) is 10.1 Å². The van der Waals surface area contributed by atoms with Gasteiger partial charge in [-0.15, -0.1) is 10.1 Å². The predicted octanol–water partition coefficient (Wildman–Crippen LogP) is 0.0285. The molecule has 0 bridgehead atoms. The van der Waals surface area contributed by atoms with Crippen molar-refractivity contribution in [2.24, 2.45) is 0 Å². The smallest absolute Gasteiger partial charge is 0.369 e. The summed E-state index contributed by atoms with van der Waals surface area (Å²) in [6.07, 6.45) is 0. The maximum absolute atomic E-state index is 8.36. The van der Waals surface area contributed by atoms with E-state index in [-0.39, 0.29) is 47.9 Å². The molecule has 0 atom stereocenters. The van der Waals surface area contributed by atoms with Crippen LogP contribution in [0.3, 0.4) is 0 Å².